The molecule has 0 aromatic heterocycles. The summed E-state index contributed by atoms with van der Waals surface area (Å²) >= 11 is 0. The minimum absolute atomic E-state index is 0.479. The summed E-state index contributed by atoms with van der Waals surface area (Å²) in [6.07, 6.45) is -0.264. The molecule has 0 aromatic carbocycles. The van der Waals surface area contributed by atoms with Gasteiger partial charge in [0.25, 0.3) is 0 Å². The molecule has 5 N–H and O–H groups in total. The number of carboxylic acid groups (broad SMARTS) is 1. The van der Waals surface area contributed by atoms with Gasteiger partial charge in [0.1, 0.15) is 0 Å². The summed E-state index contributed by atoms with van der Waals surface area (Å²) in [6.45, 7) is 1.74. The first kappa shape index (κ1) is 8.39. The molecular formula is C5H12N2O2. The van der Waals surface area contributed by atoms with Gasteiger partial charge in [-0.3, -0.25) is 4.79 Å². The van der Waals surface area contributed by atoms with Gasteiger partial charge in [0.05, 0.1) is 12.1 Å². The van der Waals surface area contributed by atoms with Gasteiger partial charge in [-0.05, 0) is 6.42 Å². The second-order valence-corrected chi connectivity index (χ2v) is 1.93. The number of aliphatic carboxylic acids is 1. The molecule has 9 heavy (non-hydrogen) atoms. The third-order valence-corrected chi connectivity index (χ3v) is 1.22. The molecule has 0 saturated heterocycles. The summed E-state index contributed by atoms with van der Waals surface area (Å²) in [4.78, 5) is 10.2. The van der Waals surface area contributed by atoms with Crippen LogP contribution >= 0.6 is 0 Å². The summed E-state index contributed by atoms with van der Waals surface area (Å²) in [5.41, 5.74) is 10.3. The predicted octanol–water partition coefficient (Wildman–Crippen LogP) is -0.659. The molecule has 0 heterocycles. The molecule has 0 bridgehead atoms. The fourth-order valence-corrected chi connectivity index (χ4v) is 0.611. The van der Waals surface area contributed by atoms with E-state index in [1.807, 2.05) is 0 Å². The fraction of sp³-hybridized carbons (Fsp3) is 0.800. The van der Waals surface area contributed by atoms with E-state index in [9.17, 15) is 4.79 Å². The summed E-state index contributed by atoms with van der Waals surface area (Å²) < 4.78 is 0. The van der Waals surface area contributed by atoms with Gasteiger partial charge in [0.15, 0.2) is 0 Å². The monoisotopic (exact) mass is 132 g/mol. The van der Waals surface area contributed by atoms with Crippen molar-refractivity contribution in [1.82, 2.24) is 0 Å². The molecule has 54 valence electrons. The fourth-order valence-electron chi connectivity index (χ4n) is 0.611. The Labute approximate surface area is 53.8 Å². The Bertz CT molecular complexity index is 103. The van der Waals surface area contributed by atoms with Crippen LogP contribution in [0, 0.1) is 5.92 Å². The van der Waals surface area contributed by atoms with Gasteiger partial charge < -0.3 is 16.6 Å². The molecule has 0 spiro atoms. The molecule has 4 nitrogen and oxygen atoms in total. The van der Waals surface area contributed by atoms with Crippen LogP contribution in [-0.4, -0.2) is 17.2 Å². The third kappa shape index (κ3) is 2.43. The Morgan fingerprint density at radius 2 is 2.11 bits per heavy atom. The van der Waals surface area contributed by atoms with Crippen molar-refractivity contribution in [3.8, 4) is 0 Å². The maximum absolute atomic E-state index is 10.2. The van der Waals surface area contributed by atoms with Crippen LogP contribution < -0.4 is 11.5 Å². The van der Waals surface area contributed by atoms with Crippen LogP contribution in [0.4, 0.5) is 0 Å². The van der Waals surface area contributed by atoms with Crippen molar-refractivity contribution in [2.45, 2.75) is 19.5 Å². The number of carboxylic acids is 1. The second kappa shape index (κ2) is 3.42. The lowest BCUT2D eigenvalue weighted by molar-refractivity contribution is -0.142. The molecular weight excluding hydrogens is 120 g/mol. The highest BCUT2D eigenvalue weighted by Crippen LogP contribution is 2.01. The van der Waals surface area contributed by atoms with Gasteiger partial charge in [-0.15, -0.1) is 0 Å². The second-order valence-electron chi connectivity index (χ2n) is 1.93. The van der Waals surface area contributed by atoms with Gasteiger partial charge >= 0.3 is 5.97 Å². The average molecular weight is 132 g/mol. The van der Waals surface area contributed by atoms with Crippen LogP contribution in [0.3, 0.4) is 0 Å². The predicted molar refractivity (Wildman–Crippen MR) is 33.6 cm³/mol. The van der Waals surface area contributed by atoms with Gasteiger partial charge in [-0.1, -0.05) is 6.92 Å². The highest BCUT2D eigenvalue weighted by atomic mass is 16.4. The lowest BCUT2D eigenvalue weighted by Crippen LogP contribution is -2.42. The van der Waals surface area contributed by atoms with Gasteiger partial charge in [-0.2, -0.15) is 0 Å². The number of hydrogen-bond donors (Lipinski definition) is 3. The highest BCUT2D eigenvalue weighted by Gasteiger charge is 2.19. The zero-order valence-electron chi connectivity index (χ0n) is 5.37. The van der Waals surface area contributed by atoms with E-state index in [1.165, 1.54) is 0 Å². The first-order valence-electron chi connectivity index (χ1n) is 2.83. The number of nitrogens with two attached hydrogens (primary N) is 2. The maximum atomic E-state index is 10.2. The van der Waals surface area contributed by atoms with Crippen LogP contribution in [0.5, 0.6) is 0 Å². The standard InChI is InChI=1S/C5H12N2O2/c1-2-3(4(6)7)5(8)9/h3-4H,2,6-7H2,1H3,(H,8,9). The molecule has 4 heteroatoms. The van der Waals surface area contributed by atoms with E-state index in [-0.39, 0.29) is 0 Å². The van der Waals surface area contributed by atoms with Crippen molar-refractivity contribution in [3.05, 3.63) is 0 Å². The van der Waals surface area contributed by atoms with Gasteiger partial charge in [0.2, 0.25) is 0 Å². The molecule has 0 aliphatic carbocycles. The van der Waals surface area contributed by atoms with E-state index >= 15 is 0 Å². The Hall–Kier alpha value is -0.610. The molecule has 0 saturated carbocycles. The number of hydrogen-bond acceptors (Lipinski definition) is 3. The molecule has 0 aliphatic rings. The maximum Gasteiger partial charge on any atom is 0.309 e. The first-order chi connectivity index (χ1) is 4.09. The minimum atomic E-state index is -0.924. The van der Waals surface area contributed by atoms with Crippen molar-refractivity contribution < 1.29 is 9.90 Å². The molecule has 0 aromatic rings. The highest BCUT2D eigenvalue weighted by molar-refractivity contribution is 5.70. The largest absolute Gasteiger partial charge is 0.481 e. The molecule has 0 rings (SSSR count). The summed E-state index contributed by atoms with van der Waals surface area (Å²) in [5, 5.41) is 8.38. The lowest BCUT2D eigenvalue weighted by atomic mass is 10.1. The lowest BCUT2D eigenvalue weighted by Gasteiger charge is -2.12. The summed E-state index contributed by atoms with van der Waals surface area (Å²) in [6, 6.07) is 0. The zero-order chi connectivity index (χ0) is 7.44. The van der Waals surface area contributed by atoms with Crippen LogP contribution in [0.1, 0.15) is 13.3 Å². The Morgan fingerprint density at radius 1 is 1.67 bits per heavy atom. The van der Waals surface area contributed by atoms with Crippen LogP contribution in [0.2, 0.25) is 0 Å². The Balaban J connectivity index is 3.83. The third-order valence-electron chi connectivity index (χ3n) is 1.22. The smallest absolute Gasteiger partial charge is 0.309 e. The topological polar surface area (TPSA) is 89.3 Å². The van der Waals surface area contributed by atoms with Crippen LogP contribution in [0.15, 0.2) is 0 Å². The first-order valence-corrected chi connectivity index (χ1v) is 2.83. The molecule has 0 fully saturated rings. The molecule has 0 aliphatic heterocycles. The molecule has 0 amide bonds. The number of carbonyl (C=O) groups is 1. The Kier molecular flexibility index (Phi) is 3.19. The molecule has 0 radical (unpaired) electrons. The van der Waals surface area contributed by atoms with E-state index in [4.69, 9.17) is 16.6 Å². The summed E-state index contributed by atoms with van der Waals surface area (Å²) in [5.74, 6) is -1.53. The van der Waals surface area contributed by atoms with Gasteiger partial charge in [-0.25, -0.2) is 0 Å². The molecule has 1 unspecified atom stereocenters. The van der Waals surface area contributed by atoms with E-state index in [0.29, 0.717) is 6.42 Å². The quantitative estimate of drug-likeness (QED) is 0.445. The van der Waals surface area contributed by atoms with E-state index in [0.717, 1.165) is 0 Å². The van der Waals surface area contributed by atoms with Crippen LogP contribution in [0.25, 0.3) is 0 Å². The zero-order valence-corrected chi connectivity index (χ0v) is 5.37. The van der Waals surface area contributed by atoms with Crippen molar-refractivity contribution in [3.63, 3.8) is 0 Å². The minimum Gasteiger partial charge on any atom is -0.481 e. The van der Waals surface area contributed by atoms with Crippen LogP contribution in [-0.2, 0) is 4.79 Å². The number of rotatable bonds is 3. The van der Waals surface area contributed by atoms with E-state index in [2.05, 4.69) is 0 Å². The molecule has 1 atom stereocenters. The van der Waals surface area contributed by atoms with Crippen molar-refractivity contribution in [2.75, 3.05) is 0 Å². The summed E-state index contributed by atoms with van der Waals surface area (Å²) in [7, 11) is 0. The van der Waals surface area contributed by atoms with Gasteiger partial charge in [0, 0.05) is 0 Å². The van der Waals surface area contributed by atoms with Crippen molar-refractivity contribution in [1.29, 1.82) is 0 Å². The normalized spacial score (nSPS) is 13.8. The van der Waals surface area contributed by atoms with E-state index < -0.39 is 18.1 Å². The van der Waals surface area contributed by atoms with E-state index in [1.54, 1.807) is 6.92 Å². The van der Waals surface area contributed by atoms with Crippen molar-refractivity contribution in [2.24, 2.45) is 17.4 Å². The average Bonchev–Trinajstić information content (AvgIpc) is 1.64. The SMILES string of the molecule is CCC(C(=O)O)C(N)N. The Morgan fingerprint density at radius 3 is 2.11 bits per heavy atom. The van der Waals surface area contributed by atoms with Crippen molar-refractivity contribution >= 4 is 5.97 Å².